The van der Waals surface area contributed by atoms with Gasteiger partial charge in [-0.3, -0.25) is 9.48 Å². The molecule has 3 aromatic heterocycles. The molecule has 0 spiro atoms. The van der Waals surface area contributed by atoms with Crippen LogP contribution in [0.1, 0.15) is 37.8 Å². The minimum Gasteiger partial charge on any atom is -0.369 e. The van der Waals surface area contributed by atoms with Gasteiger partial charge in [0.2, 0.25) is 5.91 Å². The molecule has 2 N–H and O–H groups in total. The molecule has 0 saturated heterocycles. The Hall–Kier alpha value is -4.08. The first-order valence-corrected chi connectivity index (χ1v) is 11.6. The summed E-state index contributed by atoms with van der Waals surface area (Å²) in [7, 11) is 0. The van der Waals surface area contributed by atoms with E-state index in [0.717, 1.165) is 12.1 Å². The quantitative estimate of drug-likeness (QED) is 0.413. The number of halogens is 1. The van der Waals surface area contributed by atoms with Crippen molar-refractivity contribution in [1.82, 2.24) is 24.9 Å². The molecular weight excluding hydrogens is 449 g/mol. The Kier molecular flexibility index (Phi) is 4.91. The van der Waals surface area contributed by atoms with Crippen molar-refractivity contribution in [3.8, 4) is 22.9 Å². The molecule has 0 unspecified atom stereocenters. The van der Waals surface area contributed by atoms with E-state index in [0.29, 0.717) is 46.0 Å². The SMILES string of the molecule is CC1(C)C(=O)Nc2nc(-c3cc(-c4ccon4)n(Cc4ccccc4F)n3)nc(NCC3CC3)c21. The minimum absolute atomic E-state index is 0.123. The number of carbonyl (C=O) groups excluding carboxylic acids is 1. The summed E-state index contributed by atoms with van der Waals surface area (Å²) in [5.41, 5.74) is 2.17. The van der Waals surface area contributed by atoms with Crippen molar-refractivity contribution < 1.29 is 13.7 Å². The highest BCUT2D eigenvalue weighted by Crippen LogP contribution is 2.42. The molecule has 4 heterocycles. The summed E-state index contributed by atoms with van der Waals surface area (Å²) in [6, 6.07) is 10.1. The Bertz CT molecular complexity index is 1420. The molecule has 2 aliphatic rings. The second-order valence-corrected chi connectivity index (χ2v) is 9.57. The van der Waals surface area contributed by atoms with Crippen LogP contribution in [0.15, 0.2) is 47.2 Å². The van der Waals surface area contributed by atoms with Crippen molar-refractivity contribution >= 4 is 17.5 Å². The zero-order chi connectivity index (χ0) is 24.2. The van der Waals surface area contributed by atoms with E-state index in [1.807, 2.05) is 13.8 Å². The highest BCUT2D eigenvalue weighted by atomic mass is 19.1. The largest absolute Gasteiger partial charge is 0.369 e. The number of hydrogen-bond donors (Lipinski definition) is 2. The number of nitrogens with one attached hydrogen (secondary N) is 2. The van der Waals surface area contributed by atoms with E-state index < -0.39 is 5.41 Å². The summed E-state index contributed by atoms with van der Waals surface area (Å²) < 4.78 is 21.1. The van der Waals surface area contributed by atoms with Gasteiger partial charge in [-0.25, -0.2) is 14.4 Å². The average Bonchev–Trinajstić information content (AvgIpc) is 3.22. The van der Waals surface area contributed by atoms with Crippen molar-refractivity contribution in [2.45, 2.75) is 38.6 Å². The van der Waals surface area contributed by atoms with Crippen LogP contribution < -0.4 is 10.6 Å². The second-order valence-electron chi connectivity index (χ2n) is 9.57. The van der Waals surface area contributed by atoms with Gasteiger partial charge in [-0.05, 0) is 44.7 Å². The second kappa shape index (κ2) is 8.00. The maximum absolute atomic E-state index is 14.4. The van der Waals surface area contributed by atoms with Gasteiger partial charge < -0.3 is 15.2 Å². The first-order valence-electron chi connectivity index (χ1n) is 11.6. The predicted octanol–water partition coefficient (Wildman–Crippen LogP) is 4.23. The van der Waals surface area contributed by atoms with E-state index >= 15 is 0 Å². The van der Waals surface area contributed by atoms with Crippen LogP contribution >= 0.6 is 0 Å². The van der Waals surface area contributed by atoms with E-state index in [2.05, 4.69) is 20.8 Å². The zero-order valence-corrected chi connectivity index (χ0v) is 19.4. The first-order chi connectivity index (χ1) is 16.9. The van der Waals surface area contributed by atoms with Crippen LogP contribution in [0.4, 0.5) is 16.0 Å². The van der Waals surface area contributed by atoms with E-state index in [1.165, 1.54) is 25.2 Å². The number of hydrogen-bond acceptors (Lipinski definition) is 7. The normalized spacial score (nSPS) is 16.3. The summed E-state index contributed by atoms with van der Waals surface area (Å²) in [6.45, 7) is 4.71. The lowest BCUT2D eigenvalue weighted by atomic mass is 9.87. The molecule has 1 fully saturated rings. The van der Waals surface area contributed by atoms with Crippen LogP contribution in [0.2, 0.25) is 0 Å². The smallest absolute Gasteiger partial charge is 0.235 e. The zero-order valence-electron chi connectivity index (χ0n) is 19.4. The summed E-state index contributed by atoms with van der Waals surface area (Å²) in [5.74, 6) is 1.65. The fraction of sp³-hybridized carbons (Fsp3) is 0.320. The van der Waals surface area contributed by atoms with Crippen molar-refractivity contribution in [1.29, 1.82) is 0 Å². The average molecular weight is 474 g/mol. The van der Waals surface area contributed by atoms with Crippen LogP contribution in [0, 0.1) is 11.7 Å². The monoisotopic (exact) mass is 473 g/mol. The van der Waals surface area contributed by atoms with Crippen molar-refractivity contribution in [2.75, 3.05) is 17.2 Å². The number of nitrogens with zero attached hydrogens (tertiary/aromatic N) is 5. The van der Waals surface area contributed by atoms with E-state index in [-0.39, 0.29) is 18.3 Å². The van der Waals surface area contributed by atoms with E-state index in [4.69, 9.17) is 14.6 Å². The number of benzene rings is 1. The van der Waals surface area contributed by atoms with Gasteiger partial charge in [-0.1, -0.05) is 23.4 Å². The molecule has 1 saturated carbocycles. The van der Waals surface area contributed by atoms with Gasteiger partial charge in [0, 0.05) is 18.2 Å². The van der Waals surface area contributed by atoms with Crippen molar-refractivity contribution in [2.24, 2.45) is 5.92 Å². The lowest BCUT2D eigenvalue weighted by Crippen LogP contribution is -2.28. The molecule has 0 atom stereocenters. The summed E-state index contributed by atoms with van der Waals surface area (Å²) in [5, 5.41) is 15.1. The molecule has 10 heteroatoms. The van der Waals surface area contributed by atoms with Gasteiger partial charge in [0.1, 0.15) is 35.1 Å². The summed E-state index contributed by atoms with van der Waals surface area (Å²) in [4.78, 5) is 22.1. The van der Waals surface area contributed by atoms with Crippen molar-refractivity contribution in [3.63, 3.8) is 0 Å². The van der Waals surface area contributed by atoms with Crippen LogP contribution in [-0.2, 0) is 16.8 Å². The van der Waals surface area contributed by atoms with Crippen LogP contribution in [0.25, 0.3) is 22.9 Å². The number of anilines is 2. The molecule has 35 heavy (non-hydrogen) atoms. The molecular formula is C25H24FN7O2. The fourth-order valence-corrected chi connectivity index (χ4v) is 4.31. The molecule has 1 aliphatic heterocycles. The van der Waals surface area contributed by atoms with Gasteiger partial charge in [-0.2, -0.15) is 5.10 Å². The number of fused-ring (bicyclic) bond motifs is 1. The highest BCUT2D eigenvalue weighted by Gasteiger charge is 2.43. The molecule has 1 aromatic carbocycles. The summed E-state index contributed by atoms with van der Waals surface area (Å²) >= 11 is 0. The Balaban J connectivity index is 1.45. The van der Waals surface area contributed by atoms with Crippen LogP contribution in [-0.4, -0.2) is 37.4 Å². The van der Waals surface area contributed by atoms with Crippen LogP contribution in [0.5, 0.6) is 0 Å². The predicted molar refractivity (Wildman–Crippen MR) is 127 cm³/mol. The highest BCUT2D eigenvalue weighted by molar-refractivity contribution is 6.06. The first kappa shape index (κ1) is 21.5. The van der Waals surface area contributed by atoms with Gasteiger partial charge >= 0.3 is 0 Å². The maximum Gasteiger partial charge on any atom is 0.235 e. The van der Waals surface area contributed by atoms with Gasteiger partial charge in [0.15, 0.2) is 5.82 Å². The van der Waals surface area contributed by atoms with Gasteiger partial charge in [-0.15, -0.1) is 0 Å². The van der Waals surface area contributed by atoms with Crippen molar-refractivity contribution in [3.05, 3.63) is 59.6 Å². The molecule has 9 nitrogen and oxygen atoms in total. The lowest BCUT2D eigenvalue weighted by molar-refractivity contribution is -0.119. The third-order valence-corrected chi connectivity index (χ3v) is 6.58. The number of aromatic nitrogens is 5. The molecule has 6 rings (SSSR count). The minimum atomic E-state index is -0.754. The standard InChI is InChI=1S/C25H24FN7O2/c1-25(2)20-22(27-12-14-7-8-14)28-21(29-23(20)30-24(25)34)18-11-19(17-9-10-35-32-17)33(31-18)13-15-5-3-4-6-16(15)26/h3-6,9-11,14H,7-8,12-13H2,1-2H3,(H2,27,28,29,30,34). The Morgan fingerprint density at radius 3 is 2.77 bits per heavy atom. The van der Waals surface area contributed by atoms with E-state index in [1.54, 1.807) is 35.0 Å². The molecule has 0 radical (unpaired) electrons. The van der Waals surface area contributed by atoms with Gasteiger partial charge in [0.05, 0.1) is 23.2 Å². The maximum atomic E-state index is 14.4. The molecule has 4 aromatic rings. The van der Waals surface area contributed by atoms with Crippen LogP contribution in [0.3, 0.4) is 0 Å². The van der Waals surface area contributed by atoms with Gasteiger partial charge in [0.25, 0.3) is 0 Å². The molecule has 1 aliphatic carbocycles. The number of amides is 1. The number of carbonyl (C=O) groups is 1. The number of rotatable bonds is 7. The Morgan fingerprint density at radius 2 is 2.03 bits per heavy atom. The fourth-order valence-electron chi connectivity index (χ4n) is 4.31. The molecule has 1 amide bonds. The topological polar surface area (TPSA) is 111 Å². The summed E-state index contributed by atoms with van der Waals surface area (Å²) in [6.07, 6.45) is 3.85. The Labute approximate surface area is 200 Å². The molecule has 178 valence electrons. The lowest BCUT2D eigenvalue weighted by Gasteiger charge is -2.19. The third kappa shape index (κ3) is 3.84. The van der Waals surface area contributed by atoms with E-state index in [9.17, 15) is 9.18 Å². The molecule has 0 bridgehead atoms. The Morgan fingerprint density at radius 1 is 1.20 bits per heavy atom. The third-order valence-electron chi connectivity index (χ3n) is 6.58.